The van der Waals surface area contributed by atoms with Gasteiger partial charge in [0.15, 0.2) is 0 Å². The van der Waals surface area contributed by atoms with E-state index in [0.29, 0.717) is 5.41 Å². The molecule has 13 heavy (non-hydrogen) atoms. The second-order valence-corrected chi connectivity index (χ2v) is 5.17. The van der Waals surface area contributed by atoms with Gasteiger partial charge < -0.3 is 9.80 Å². The van der Waals surface area contributed by atoms with Crippen LogP contribution in [0.3, 0.4) is 0 Å². The van der Waals surface area contributed by atoms with Crippen LogP contribution in [0.1, 0.15) is 20.8 Å². The van der Waals surface area contributed by atoms with Crippen LogP contribution in [0, 0.1) is 11.8 Å². The molecule has 0 amide bonds. The predicted octanol–water partition coefficient (Wildman–Crippen LogP) is 1.48. The zero-order valence-electron chi connectivity index (χ0n) is 9.51. The summed E-state index contributed by atoms with van der Waals surface area (Å²) in [6.07, 6.45) is 2.42. The zero-order valence-corrected chi connectivity index (χ0v) is 9.51. The van der Waals surface area contributed by atoms with Crippen LogP contribution in [0.2, 0.25) is 0 Å². The van der Waals surface area contributed by atoms with Crippen LogP contribution in [0.15, 0.2) is 0 Å². The third-order valence-corrected chi connectivity index (χ3v) is 2.56. The van der Waals surface area contributed by atoms with Gasteiger partial charge in [0.1, 0.15) is 0 Å². The smallest absolute Gasteiger partial charge is 0.0110 e. The van der Waals surface area contributed by atoms with E-state index in [2.05, 4.69) is 44.0 Å². The molecule has 77 valence electrons. The lowest BCUT2D eigenvalue weighted by Gasteiger charge is -2.33. The van der Waals surface area contributed by atoms with Crippen molar-refractivity contribution in [2.24, 2.45) is 5.41 Å². The van der Waals surface area contributed by atoms with E-state index >= 15 is 0 Å². The molecule has 0 spiro atoms. The number of nitrogens with zero attached hydrogens (tertiary/aromatic N) is 2. The Kier molecular flexibility index (Phi) is 3.74. The molecule has 1 heterocycles. The molecular formula is C11H23N2. The first-order chi connectivity index (χ1) is 5.97. The molecule has 1 aliphatic heterocycles. The average Bonchev–Trinajstić information content (AvgIpc) is 2.02. The van der Waals surface area contributed by atoms with Crippen molar-refractivity contribution in [2.45, 2.75) is 20.8 Å². The number of hydrogen-bond donors (Lipinski definition) is 0. The first-order valence-electron chi connectivity index (χ1n) is 5.23. The van der Waals surface area contributed by atoms with Crippen molar-refractivity contribution in [1.82, 2.24) is 9.80 Å². The van der Waals surface area contributed by atoms with Crippen LogP contribution >= 0.6 is 0 Å². The van der Waals surface area contributed by atoms with E-state index in [1.807, 2.05) is 0 Å². The summed E-state index contributed by atoms with van der Waals surface area (Å²) in [6.45, 7) is 12.8. The van der Waals surface area contributed by atoms with Crippen molar-refractivity contribution >= 4 is 0 Å². The maximum Gasteiger partial charge on any atom is 0.0110 e. The van der Waals surface area contributed by atoms with Crippen molar-refractivity contribution < 1.29 is 0 Å². The van der Waals surface area contributed by atoms with Crippen molar-refractivity contribution in [3.8, 4) is 0 Å². The van der Waals surface area contributed by atoms with E-state index in [4.69, 9.17) is 0 Å². The van der Waals surface area contributed by atoms with Gasteiger partial charge in [0.2, 0.25) is 0 Å². The molecule has 2 nitrogen and oxygen atoms in total. The second kappa shape index (κ2) is 4.43. The molecule has 0 unspecified atom stereocenters. The molecule has 0 bridgehead atoms. The highest BCUT2D eigenvalue weighted by Gasteiger charge is 2.16. The molecule has 1 fully saturated rings. The summed E-state index contributed by atoms with van der Waals surface area (Å²) in [4.78, 5) is 4.93. The van der Waals surface area contributed by atoms with Gasteiger partial charge in [-0.2, -0.15) is 0 Å². The Morgan fingerprint density at radius 3 is 2.08 bits per heavy atom. The zero-order chi connectivity index (χ0) is 9.90. The van der Waals surface area contributed by atoms with Crippen molar-refractivity contribution in [1.29, 1.82) is 0 Å². The van der Waals surface area contributed by atoms with Gasteiger partial charge in [-0.1, -0.05) is 20.8 Å². The van der Waals surface area contributed by atoms with Crippen molar-refractivity contribution in [3.63, 3.8) is 0 Å². The number of likely N-dealkylation sites (N-methyl/N-ethyl adjacent to an activating group) is 1. The minimum Gasteiger partial charge on any atom is -0.304 e. The first-order valence-corrected chi connectivity index (χ1v) is 5.23. The predicted molar refractivity (Wildman–Crippen MR) is 57.7 cm³/mol. The van der Waals surface area contributed by atoms with Gasteiger partial charge in [0, 0.05) is 32.7 Å². The van der Waals surface area contributed by atoms with Crippen LogP contribution < -0.4 is 0 Å². The second-order valence-electron chi connectivity index (χ2n) is 5.17. The third kappa shape index (κ3) is 4.63. The Hall–Kier alpha value is -0.0800. The van der Waals surface area contributed by atoms with Crippen LogP contribution in [0.5, 0.6) is 0 Å². The molecule has 0 aromatic rings. The molecule has 2 heteroatoms. The molecular weight excluding hydrogens is 160 g/mol. The number of piperazine rings is 1. The van der Waals surface area contributed by atoms with Gasteiger partial charge >= 0.3 is 0 Å². The largest absolute Gasteiger partial charge is 0.304 e. The van der Waals surface area contributed by atoms with E-state index < -0.39 is 0 Å². The SMILES string of the molecule is CN1CCN(C[CH]C(C)(C)C)CC1. The molecule has 1 saturated heterocycles. The van der Waals surface area contributed by atoms with Crippen LogP contribution in [0.4, 0.5) is 0 Å². The quantitative estimate of drug-likeness (QED) is 0.640. The van der Waals surface area contributed by atoms with E-state index in [0.717, 1.165) is 6.54 Å². The molecule has 0 aromatic heterocycles. The lowest BCUT2D eigenvalue weighted by molar-refractivity contribution is 0.157. The number of rotatable bonds is 2. The molecule has 0 N–H and O–H groups in total. The van der Waals surface area contributed by atoms with Gasteiger partial charge in [0.05, 0.1) is 0 Å². The monoisotopic (exact) mass is 183 g/mol. The summed E-state index contributed by atoms with van der Waals surface area (Å²) < 4.78 is 0. The minimum atomic E-state index is 0.364. The number of hydrogen-bond acceptors (Lipinski definition) is 2. The normalized spacial score (nSPS) is 22.2. The Balaban J connectivity index is 2.16. The van der Waals surface area contributed by atoms with Gasteiger partial charge in [-0.25, -0.2) is 0 Å². The fourth-order valence-corrected chi connectivity index (χ4v) is 1.43. The molecule has 0 saturated carbocycles. The summed E-state index contributed by atoms with van der Waals surface area (Å²) in [5.74, 6) is 0. The van der Waals surface area contributed by atoms with Crippen LogP contribution in [-0.2, 0) is 0 Å². The highest BCUT2D eigenvalue weighted by Crippen LogP contribution is 2.17. The third-order valence-electron chi connectivity index (χ3n) is 2.56. The average molecular weight is 183 g/mol. The van der Waals surface area contributed by atoms with Crippen LogP contribution in [0.25, 0.3) is 0 Å². The van der Waals surface area contributed by atoms with E-state index in [1.54, 1.807) is 0 Å². The van der Waals surface area contributed by atoms with E-state index in [-0.39, 0.29) is 0 Å². The summed E-state index contributed by atoms with van der Waals surface area (Å²) in [5, 5.41) is 0. The molecule has 1 radical (unpaired) electrons. The lowest BCUT2D eigenvalue weighted by Crippen LogP contribution is -2.45. The van der Waals surface area contributed by atoms with Crippen molar-refractivity contribution in [2.75, 3.05) is 39.8 Å². The Morgan fingerprint density at radius 2 is 1.62 bits per heavy atom. The highest BCUT2D eigenvalue weighted by molar-refractivity contribution is 4.85. The van der Waals surface area contributed by atoms with Gasteiger partial charge in [-0.15, -0.1) is 0 Å². The molecule has 1 aliphatic rings. The maximum atomic E-state index is 2.53. The molecule has 1 rings (SSSR count). The highest BCUT2D eigenvalue weighted by atomic mass is 15.2. The molecule has 0 aromatic carbocycles. The van der Waals surface area contributed by atoms with E-state index in [1.165, 1.54) is 26.2 Å². The molecule has 0 atom stereocenters. The molecule has 0 aliphatic carbocycles. The van der Waals surface area contributed by atoms with Gasteiger partial charge in [0.25, 0.3) is 0 Å². The first kappa shape index (κ1) is 11.0. The van der Waals surface area contributed by atoms with Gasteiger partial charge in [-0.3, -0.25) is 0 Å². The minimum absolute atomic E-state index is 0.364. The lowest BCUT2D eigenvalue weighted by atomic mass is 9.92. The fourth-order valence-electron chi connectivity index (χ4n) is 1.43. The summed E-state index contributed by atoms with van der Waals surface area (Å²) in [5.41, 5.74) is 0.364. The Labute approximate surface area is 82.9 Å². The standard InChI is InChI=1S/C11H23N2/c1-11(2,3)5-6-13-9-7-12(4)8-10-13/h5H,6-10H2,1-4H3. The topological polar surface area (TPSA) is 6.48 Å². The summed E-state index contributed by atoms with van der Waals surface area (Å²) in [7, 11) is 2.20. The Morgan fingerprint density at radius 1 is 1.08 bits per heavy atom. The summed E-state index contributed by atoms with van der Waals surface area (Å²) >= 11 is 0. The fraction of sp³-hybridized carbons (Fsp3) is 0.909. The maximum absolute atomic E-state index is 2.53. The van der Waals surface area contributed by atoms with Gasteiger partial charge in [-0.05, 0) is 18.9 Å². The summed E-state index contributed by atoms with van der Waals surface area (Å²) in [6, 6.07) is 0. The van der Waals surface area contributed by atoms with Crippen LogP contribution in [-0.4, -0.2) is 49.6 Å². The van der Waals surface area contributed by atoms with Crippen molar-refractivity contribution in [3.05, 3.63) is 6.42 Å². The van der Waals surface area contributed by atoms with E-state index in [9.17, 15) is 0 Å². The Bertz CT molecular complexity index is 141.